The van der Waals surface area contributed by atoms with Crippen molar-refractivity contribution in [1.29, 1.82) is 0 Å². The molecule has 0 spiro atoms. The predicted octanol–water partition coefficient (Wildman–Crippen LogP) is 4.88. The first-order chi connectivity index (χ1) is 10.8. The highest BCUT2D eigenvalue weighted by molar-refractivity contribution is 5.26. The van der Waals surface area contributed by atoms with E-state index in [1.165, 1.54) is 35.5 Å². The zero-order valence-electron chi connectivity index (χ0n) is 15.0. The fourth-order valence-electron chi connectivity index (χ4n) is 4.14. The van der Waals surface area contributed by atoms with E-state index in [0.29, 0.717) is 6.61 Å². The molecule has 0 atom stereocenters. The maximum Gasteiger partial charge on any atom is 0.0720 e. The Labute approximate surface area is 140 Å². The Bertz CT molecular complexity index is 513. The van der Waals surface area contributed by atoms with Crippen LogP contribution >= 0.6 is 0 Å². The van der Waals surface area contributed by atoms with Gasteiger partial charge in [0, 0.05) is 11.1 Å². The van der Waals surface area contributed by atoms with Gasteiger partial charge in [0.25, 0.3) is 0 Å². The van der Waals surface area contributed by atoms with E-state index in [0.717, 1.165) is 18.8 Å². The Morgan fingerprint density at radius 2 is 1.61 bits per heavy atom. The monoisotopic (exact) mass is 317 g/mol. The van der Waals surface area contributed by atoms with Crippen LogP contribution in [0.25, 0.3) is 0 Å². The van der Waals surface area contributed by atoms with Crippen LogP contribution in [0, 0.1) is 0 Å². The predicted molar refractivity (Wildman–Crippen MR) is 92.6 cm³/mol. The molecule has 0 unspecified atom stereocenters. The summed E-state index contributed by atoms with van der Waals surface area (Å²) < 4.78 is 6.19. The van der Waals surface area contributed by atoms with Crippen LogP contribution in [0.3, 0.4) is 0 Å². The van der Waals surface area contributed by atoms with Crippen LogP contribution in [0.2, 0.25) is 0 Å². The van der Waals surface area contributed by atoms with Crippen LogP contribution in [-0.2, 0) is 11.3 Å². The molecule has 3 nitrogen and oxygen atoms in total. The van der Waals surface area contributed by atoms with Crippen molar-refractivity contribution in [2.24, 2.45) is 0 Å². The standard InChI is InChI=1S/C20H31NO2/c1-19(2)12-18(13-20(3,4)21(19)22)23-14-15-8-10-17(11-9-15)16-6-5-7-16/h8-11,16,18,22H,5-7,12-14H2,1-4H3. The van der Waals surface area contributed by atoms with Crippen molar-refractivity contribution >= 4 is 0 Å². The molecule has 1 heterocycles. The molecule has 0 radical (unpaired) electrons. The lowest BCUT2D eigenvalue weighted by molar-refractivity contribution is -0.262. The van der Waals surface area contributed by atoms with Crippen LogP contribution in [0.1, 0.15) is 76.8 Å². The maximum absolute atomic E-state index is 10.4. The molecule has 2 fully saturated rings. The van der Waals surface area contributed by atoms with E-state index in [1.807, 2.05) is 0 Å². The highest BCUT2D eigenvalue weighted by Gasteiger charge is 2.45. The zero-order chi connectivity index (χ0) is 16.7. The number of hydroxylamine groups is 2. The third-order valence-electron chi connectivity index (χ3n) is 5.64. The van der Waals surface area contributed by atoms with Gasteiger partial charge in [-0.05, 0) is 70.4 Å². The van der Waals surface area contributed by atoms with E-state index in [9.17, 15) is 5.21 Å². The molecule has 0 amide bonds. The molecule has 1 aliphatic carbocycles. The fourth-order valence-corrected chi connectivity index (χ4v) is 4.14. The van der Waals surface area contributed by atoms with Crippen molar-refractivity contribution in [3.8, 4) is 0 Å². The van der Waals surface area contributed by atoms with E-state index in [1.54, 1.807) is 0 Å². The van der Waals surface area contributed by atoms with Crippen molar-refractivity contribution in [2.75, 3.05) is 0 Å². The molecular formula is C20H31NO2. The maximum atomic E-state index is 10.4. The number of rotatable bonds is 4. The van der Waals surface area contributed by atoms with Crippen LogP contribution in [-0.4, -0.2) is 27.5 Å². The summed E-state index contributed by atoms with van der Waals surface area (Å²) in [5, 5.41) is 11.9. The van der Waals surface area contributed by atoms with Crippen molar-refractivity contribution in [1.82, 2.24) is 5.06 Å². The van der Waals surface area contributed by atoms with Gasteiger partial charge in [-0.15, -0.1) is 0 Å². The van der Waals surface area contributed by atoms with Crippen molar-refractivity contribution in [2.45, 2.75) is 89.5 Å². The third-order valence-corrected chi connectivity index (χ3v) is 5.64. The first-order valence-electron chi connectivity index (χ1n) is 8.98. The van der Waals surface area contributed by atoms with Gasteiger partial charge >= 0.3 is 0 Å². The average molecular weight is 317 g/mol. The van der Waals surface area contributed by atoms with Gasteiger partial charge in [0.1, 0.15) is 0 Å². The molecule has 128 valence electrons. The number of hydrogen-bond acceptors (Lipinski definition) is 3. The summed E-state index contributed by atoms with van der Waals surface area (Å²) in [5.74, 6) is 0.792. The van der Waals surface area contributed by atoms with E-state index in [4.69, 9.17) is 4.74 Å². The van der Waals surface area contributed by atoms with Gasteiger partial charge in [-0.1, -0.05) is 30.7 Å². The topological polar surface area (TPSA) is 32.7 Å². The molecule has 0 bridgehead atoms. The number of ether oxygens (including phenoxy) is 1. The van der Waals surface area contributed by atoms with Crippen LogP contribution in [0.4, 0.5) is 0 Å². The minimum absolute atomic E-state index is 0.190. The molecule has 23 heavy (non-hydrogen) atoms. The quantitative estimate of drug-likeness (QED) is 0.859. The van der Waals surface area contributed by atoms with Gasteiger partial charge in [0.2, 0.25) is 0 Å². The smallest absolute Gasteiger partial charge is 0.0720 e. The van der Waals surface area contributed by atoms with Crippen LogP contribution in [0.15, 0.2) is 24.3 Å². The second kappa shape index (κ2) is 6.19. The summed E-state index contributed by atoms with van der Waals surface area (Å²) in [5.41, 5.74) is 2.23. The highest BCUT2D eigenvalue weighted by Crippen LogP contribution is 2.38. The van der Waals surface area contributed by atoms with Gasteiger partial charge in [0.15, 0.2) is 0 Å². The van der Waals surface area contributed by atoms with Gasteiger partial charge < -0.3 is 9.94 Å². The van der Waals surface area contributed by atoms with E-state index in [2.05, 4.69) is 52.0 Å². The molecule has 0 aromatic heterocycles. The minimum atomic E-state index is -0.250. The molecule has 1 saturated heterocycles. The van der Waals surface area contributed by atoms with Crippen LogP contribution in [0.5, 0.6) is 0 Å². The van der Waals surface area contributed by atoms with Gasteiger partial charge in [-0.25, -0.2) is 0 Å². The fraction of sp³-hybridized carbons (Fsp3) is 0.700. The highest BCUT2D eigenvalue weighted by atomic mass is 16.5. The first kappa shape index (κ1) is 16.9. The molecule has 3 heteroatoms. The number of benzene rings is 1. The molecule has 1 aromatic carbocycles. The van der Waals surface area contributed by atoms with Crippen molar-refractivity contribution < 1.29 is 9.94 Å². The van der Waals surface area contributed by atoms with Crippen molar-refractivity contribution in [3.63, 3.8) is 0 Å². The summed E-state index contributed by atoms with van der Waals surface area (Å²) in [7, 11) is 0. The normalized spacial score (nSPS) is 25.3. The molecular weight excluding hydrogens is 286 g/mol. The second-order valence-corrected chi connectivity index (χ2v) is 8.65. The first-order valence-corrected chi connectivity index (χ1v) is 8.98. The Morgan fingerprint density at radius 1 is 1.04 bits per heavy atom. The molecule has 2 aliphatic rings. The summed E-state index contributed by atoms with van der Waals surface area (Å²) in [6, 6.07) is 8.97. The lowest BCUT2D eigenvalue weighted by Crippen LogP contribution is -2.60. The third kappa shape index (κ3) is 3.62. The molecule has 1 aromatic rings. The van der Waals surface area contributed by atoms with Gasteiger partial charge in [0.05, 0.1) is 12.7 Å². The minimum Gasteiger partial charge on any atom is -0.373 e. The van der Waals surface area contributed by atoms with Gasteiger partial charge in [-0.2, -0.15) is 5.06 Å². The Balaban J connectivity index is 1.57. The second-order valence-electron chi connectivity index (χ2n) is 8.65. The average Bonchev–Trinajstić information content (AvgIpc) is 2.41. The molecule has 1 N–H and O–H groups in total. The number of nitrogens with zero attached hydrogens (tertiary/aromatic N) is 1. The lowest BCUT2D eigenvalue weighted by Gasteiger charge is -2.51. The summed E-state index contributed by atoms with van der Waals surface area (Å²) in [6.45, 7) is 8.98. The summed E-state index contributed by atoms with van der Waals surface area (Å²) in [4.78, 5) is 0. The zero-order valence-corrected chi connectivity index (χ0v) is 15.0. The molecule has 1 saturated carbocycles. The number of piperidine rings is 1. The number of hydrogen-bond donors (Lipinski definition) is 1. The summed E-state index contributed by atoms with van der Waals surface area (Å²) in [6.07, 6.45) is 5.97. The molecule has 1 aliphatic heterocycles. The Hall–Kier alpha value is -0.900. The molecule has 3 rings (SSSR count). The van der Waals surface area contributed by atoms with E-state index >= 15 is 0 Å². The SMILES string of the molecule is CC1(C)CC(OCc2ccc(C3CCC3)cc2)CC(C)(C)N1O. The van der Waals surface area contributed by atoms with Crippen LogP contribution < -0.4 is 0 Å². The van der Waals surface area contributed by atoms with Gasteiger partial charge in [-0.3, -0.25) is 0 Å². The summed E-state index contributed by atoms with van der Waals surface area (Å²) >= 11 is 0. The van der Waals surface area contributed by atoms with E-state index < -0.39 is 0 Å². The largest absolute Gasteiger partial charge is 0.373 e. The Morgan fingerprint density at radius 3 is 2.09 bits per heavy atom. The van der Waals surface area contributed by atoms with Crippen molar-refractivity contribution in [3.05, 3.63) is 35.4 Å². The Kier molecular flexibility index (Phi) is 4.56. The van der Waals surface area contributed by atoms with E-state index in [-0.39, 0.29) is 17.2 Å². The lowest BCUT2D eigenvalue weighted by atomic mass is 9.80.